The van der Waals surface area contributed by atoms with Gasteiger partial charge in [0, 0.05) is 25.7 Å². The van der Waals surface area contributed by atoms with E-state index in [0.717, 1.165) is 109 Å². The summed E-state index contributed by atoms with van der Waals surface area (Å²) < 4.78 is 68.6. The predicted molar refractivity (Wildman–Crippen MR) is 409 cm³/mol. The lowest BCUT2D eigenvalue weighted by Crippen LogP contribution is -2.30. The van der Waals surface area contributed by atoms with Crippen molar-refractivity contribution in [3.63, 3.8) is 0 Å². The van der Waals surface area contributed by atoms with E-state index in [-0.39, 0.29) is 25.7 Å². The molecule has 19 heteroatoms. The fraction of sp³-hybridized carbons (Fsp3) is 0.951. The van der Waals surface area contributed by atoms with Crippen molar-refractivity contribution >= 4 is 39.5 Å². The molecule has 0 bridgehead atoms. The van der Waals surface area contributed by atoms with Gasteiger partial charge < -0.3 is 33.8 Å². The van der Waals surface area contributed by atoms with E-state index < -0.39 is 97.5 Å². The van der Waals surface area contributed by atoms with Crippen molar-refractivity contribution in [2.45, 2.75) is 451 Å². The van der Waals surface area contributed by atoms with Crippen LogP contribution in [0.4, 0.5) is 0 Å². The fourth-order valence-corrected chi connectivity index (χ4v) is 14.1. The van der Waals surface area contributed by atoms with E-state index in [1.54, 1.807) is 0 Å². The molecular formula is C81H158O17P2. The second-order valence-corrected chi connectivity index (χ2v) is 32.3. The largest absolute Gasteiger partial charge is 0.472 e. The van der Waals surface area contributed by atoms with Gasteiger partial charge in [0.15, 0.2) is 12.2 Å². The number of aliphatic hydroxyl groups excluding tert-OH is 1. The normalized spacial score (nSPS) is 14.1. The van der Waals surface area contributed by atoms with Crippen molar-refractivity contribution in [1.29, 1.82) is 0 Å². The highest BCUT2D eigenvalue weighted by Gasteiger charge is 2.30. The summed E-state index contributed by atoms with van der Waals surface area (Å²) in [6.07, 6.45) is 65.4. The Bertz CT molecular complexity index is 1910. The lowest BCUT2D eigenvalue weighted by molar-refractivity contribution is -0.161. The van der Waals surface area contributed by atoms with Gasteiger partial charge in [-0.25, -0.2) is 9.13 Å². The lowest BCUT2D eigenvalue weighted by atomic mass is 9.99. The summed E-state index contributed by atoms with van der Waals surface area (Å²) in [6, 6.07) is 0. The van der Waals surface area contributed by atoms with Crippen LogP contribution < -0.4 is 0 Å². The molecule has 0 aromatic carbocycles. The quantitative estimate of drug-likeness (QED) is 0.0222. The summed E-state index contributed by atoms with van der Waals surface area (Å²) in [6.45, 7) is 7.35. The third-order valence-corrected chi connectivity index (χ3v) is 21.3. The van der Waals surface area contributed by atoms with Gasteiger partial charge >= 0.3 is 39.5 Å². The van der Waals surface area contributed by atoms with Gasteiger partial charge in [0.1, 0.15) is 19.3 Å². The van der Waals surface area contributed by atoms with Crippen LogP contribution in [0.3, 0.4) is 0 Å². The number of phosphoric ester groups is 2. The predicted octanol–water partition coefficient (Wildman–Crippen LogP) is 24.4. The van der Waals surface area contributed by atoms with Crippen LogP contribution >= 0.6 is 15.6 Å². The zero-order chi connectivity index (χ0) is 73.4. The van der Waals surface area contributed by atoms with Crippen LogP contribution in [-0.4, -0.2) is 96.7 Å². The van der Waals surface area contributed by atoms with Crippen LogP contribution in [0.1, 0.15) is 433 Å². The Morgan fingerprint density at radius 3 is 0.710 bits per heavy atom. The number of ether oxygens (including phenoxy) is 4. The molecule has 6 atom stereocenters. The Kier molecular flexibility index (Phi) is 72.5. The first kappa shape index (κ1) is 98.1. The van der Waals surface area contributed by atoms with Gasteiger partial charge in [-0.3, -0.25) is 37.3 Å². The molecule has 0 aliphatic heterocycles. The van der Waals surface area contributed by atoms with Gasteiger partial charge in [-0.2, -0.15) is 0 Å². The number of rotatable bonds is 81. The monoisotopic (exact) mass is 1470 g/mol. The minimum atomic E-state index is -4.96. The number of carbonyl (C=O) groups is 4. The summed E-state index contributed by atoms with van der Waals surface area (Å²) in [4.78, 5) is 72.8. The van der Waals surface area contributed by atoms with Crippen LogP contribution in [0.25, 0.3) is 0 Å². The molecule has 3 unspecified atom stereocenters. The van der Waals surface area contributed by atoms with E-state index in [2.05, 4.69) is 34.6 Å². The molecule has 0 heterocycles. The van der Waals surface area contributed by atoms with Gasteiger partial charge in [0.2, 0.25) is 0 Å². The molecule has 0 spiro atoms. The lowest BCUT2D eigenvalue weighted by Gasteiger charge is -2.21. The summed E-state index contributed by atoms with van der Waals surface area (Å²) in [5.41, 5.74) is 0. The van der Waals surface area contributed by atoms with Crippen molar-refractivity contribution in [1.82, 2.24) is 0 Å². The third kappa shape index (κ3) is 73.0. The van der Waals surface area contributed by atoms with Crippen LogP contribution in [-0.2, 0) is 65.4 Å². The van der Waals surface area contributed by atoms with Crippen LogP contribution in [0.2, 0.25) is 0 Å². The molecule has 0 amide bonds. The van der Waals surface area contributed by atoms with E-state index >= 15 is 0 Å². The fourth-order valence-electron chi connectivity index (χ4n) is 12.6. The van der Waals surface area contributed by atoms with Crippen LogP contribution in [0, 0.1) is 5.92 Å². The van der Waals surface area contributed by atoms with Gasteiger partial charge in [-0.05, 0) is 31.6 Å². The van der Waals surface area contributed by atoms with E-state index in [0.29, 0.717) is 25.7 Å². The molecule has 594 valence electrons. The van der Waals surface area contributed by atoms with Crippen LogP contribution in [0.15, 0.2) is 0 Å². The minimum Gasteiger partial charge on any atom is -0.462 e. The standard InChI is InChI=1S/C81H158O17P2/c1-6-10-13-16-19-21-23-25-26-27-28-32-35-38-42-45-50-55-60-65-79(84)92-71-77(98-81(86)67-62-57-52-47-43-39-36-33-30-29-31-34-37-40-44-49-53-58-63-74(5)9-4)73-96-100(89,90)94-69-75(82)68-93-99(87,88)95-72-76(70-91-78(83)64-59-54-48-18-15-12-8-3)97-80(85)66-61-56-51-46-41-24-22-20-17-14-11-7-2/h74-77,82H,6-73H2,1-5H3,(H,87,88)(H,89,90)/t74?,75-,76+,77+/m0/s1. The van der Waals surface area contributed by atoms with Gasteiger partial charge in [-0.15, -0.1) is 0 Å². The first-order valence-corrected chi connectivity index (χ1v) is 45.2. The van der Waals surface area contributed by atoms with Gasteiger partial charge in [-0.1, -0.05) is 381 Å². The number of carbonyl (C=O) groups excluding carboxylic acids is 4. The van der Waals surface area contributed by atoms with Crippen molar-refractivity contribution < 1.29 is 80.2 Å². The Labute approximate surface area is 613 Å². The Balaban J connectivity index is 5.15. The number of aliphatic hydroxyl groups is 1. The smallest absolute Gasteiger partial charge is 0.462 e. The first-order valence-electron chi connectivity index (χ1n) is 42.2. The summed E-state index contributed by atoms with van der Waals surface area (Å²) in [5.74, 6) is -1.24. The molecule has 0 fully saturated rings. The van der Waals surface area contributed by atoms with Crippen molar-refractivity contribution in [2.75, 3.05) is 39.6 Å². The second-order valence-electron chi connectivity index (χ2n) is 29.4. The first-order chi connectivity index (χ1) is 48.6. The van der Waals surface area contributed by atoms with Crippen molar-refractivity contribution in [3.05, 3.63) is 0 Å². The number of hydrogen-bond donors (Lipinski definition) is 3. The highest BCUT2D eigenvalue weighted by atomic mass is 31.2. The highest BCUT2D eigenvalue weighted by Crippen LogP contribution is 2.45. The van der Waals surface area contributed by atoms with E-state index in [1.807, 2.05) is 0 Å². The molecule has 0 radical (unpaired) electrons. The van der Waals surface area contributed by atoms with E-state index in [1.165, 1.54) is 244 Å². The second kappa shape index (κ2) is 73.9. The van der Waals surface area contributed by atoms with E-state index in [9.17, 15) is 43.2 Å². The molecule has 0 aliphatic carbocycles. The highest BCUT2D eigenvalue weighted by molar-refractivity contribution is 7.47. The molecule has 0 saturated heterocycles. The molecular weight excluding hydrogens is 1310 g/mol. The SMILES string of the molecule is CCCCCCCCCCCCCCCCCCCCCC(=O)OC[C@H](COP(=O)(O)OC[C@@H](O)COP(=O)(O)OC[C@@H](COC(=O)CCCCCCCCC)OC(=O)CCCCCCCCCCCCCC)OC(=O)CCCCCCCCCCCCCCCCCCCCC(C)CC. The number of phosphoric acid groups is 2. The molecule has 0 aromatic heterocycles. The summed E-state index contributed by atoms with van der Waals surface area (Å²) >= 11 is 0. The van der Waals surface area contributed by atoms with Crippen molar-refractivity contribution in [2.24, 2.45) is 5.92 Å². The van der Waals surface area contributed by atoms with Crippen molar-refractivity contribution in [3.8, 4) is 0 Å². The van der Waals surface area contributed by atoms with Gasteiger partial charge in [0.25, 0.3) is 0 Å². The number of esters is 4. The summed E-state index contributed by atoms with van der Waals surface area (Å²) in [7, 11) is -9.91. The average molecular weight is 1470 g/mol. The average Bonchev–Trinajstić information content (AvgIpc) is 0.919. The molecule has 0 aliphatic rings. The topological polar surface area (TPSA) is 237 Å². The Morgan fingerprint density at radius 2 is 0.480 bits per heavy atom. The van der Waals surface area contributed by atoms with Crippen LogP contribution in [0.5, 0.6) is 0 Å². The van der Waals surface area contributed by atoms with Gasteiger partial charge in [0.05, 0.1) is 26.4 Å². The van der Waals surface area contributed by atoms with E-state index in [4.69, 9.17) is 37.0 Å². The molecule has 0 rings (SSSR count). The number of hydrogen-bond acceptors (Lipinski definition) is 15. The Morgan fingerprint density at radius 1 is 0.280 bits per heavy atom. The minimum absolute atomic E-state index is 0.107. The third-order valence-electron chi connectivity index (χ3n) is 19.4. The molecule has 17 nitrogen and oxygen atoms in total. The maximum atomic E-state index is 13.1. The molecule has 100 heavy (non-hydrogen) atoms. The molecule has 3 N–H and O–H groups in total. The maximum absolute atomic E-state index is 13.1. The maximum Gasteiger partial charge on any atom is 0.472 e. The molecule has 0 aromatic rings. The summed E-state index contributed by atoms with van der Waals surface area (Å²) in [5, 5.41) is 10.6. The number of unbranched alkanes of at least 4 members (excludes halogenated alkanes) is 52. The molecule has 0 saturated carbocycles. The zero-order valence-electron chi connectivity index (χ0n) is 65.3. The Hall–Kier alpha value is -1.94. The zero-order valence-corrected chi connectivity index (χ0v) is 67.1.